The van der Waals surface area contributed by atoms with Crippen molar-refractivity contribution in [3.63, 3.8) is 0 Å². The number of ether oxygens (including phenoxy) is 2. The second kappa shape index (κ2) is 6.08. The summed E-state index contributed by atoms with van der Waals surface area (Å²) >= 11 is 0. The first kappa shape index (κ1) is 15.0. The van der Waals surface area contributed by atoms with E-state index in [1.54, 1.807) is 13.0 Å². The van der Waals surface area contributed by atoms with Gasteiger partial charge < -0.3 is 14.0 Å². The second-order valence-corrected chi connectivity index (χ2v) is 4.95. The standard InChI is InChI=1S/C17H16N2O4/c1-4-22-12-7-5-11(6-8-12)14-9-13(17(20)21-3)15-10(2)19-23-16(15)18-14/h5-9H,4H2,1-3H3. The van der Waals surface area contributed by atoms with Crippen LogP contribution in [-0.2, 0) is 4.74 Å². The minimum Gasteiger partial charge on any atom is -0.494 e. The largest absolute Gasteiger partial charge is 0.494 e. The van der Waals surface area contributed by atoms with Crippen molar-refractivity contribution in [2.75, 3.05) is 13.7 Å². The van der Waals surface area contributed by atoms with Crippen molar-refractivity contribution in [1.82, 2.24) is 10.1 Å². The van der Waals surface area contributed by atoms with Gasteiger partial charge in [0.2, 0.25) is 0 Å². The van der Waals surface area contributed by atoms with Crippen molar-refractivity contribution in [3.05, 3.63) is 41.6 Å². The molecule has 0 saturated carbocycles. The van der Waals surface area contributed by atoms with E-state index < -0.39 is 5.97 Å². The lowest BCUT2D eigenvalue weighted by Gasteiger charge is -2.07. The Hall–Kier alpha value is -2.89. The van der Waals surface area contributed by atoms with Gasteiger partial charge in [-0.05, 0) is 44.2 Å². The van der Waals surface area contributed by atoms with Crippen LogP contribution in [0, 0.1) is 6.92 Å². The molecule has 0 unspecified atom stereocenters. The van der Waals surface area contributed by atoms with Crippen LogP contribution in [0.1, 0.15) is 23.0 Å². The molecule has 1 aromatic carbocycles. The van der Waals surface area contributed by atoms with Gasteiger partial charge >= 0.3 is 5.97 Å². The van der Waals surface area contributed by atoms with E-state index in [2.05, 4.69) is 10.1 Å². The first-order valence-electron chi connectivity index (χ1n) is 7.22. The Labute approximate surface area is 133 Å². The molecule has 0 radical (unpaired) electrons. The Morgan fingerprint density at radius 2 is 2.00 bits per heavy atom. The van der Waals surface area contributed by atoms with Gasteiger partial charge in [0.05, 0.1) is 36.1 Å². The number of methoxy groups -OCH3 is 1. The van der Waals surface area contributed by atoms with Gasteiger partial charge in [-0.2, -0.15) is 0 Å². The number of nitrogens with zero attached hydrogens (tertiary/aromatic N) is 2. The zero-order valence-electron chi connectivity index (χ0n) is 13.1. The number of hydrogen-bond acceptors (Lipinski definition) is 6. The Morgan fingerprint density at radius 3 is 2.65 bits per heavy atom. The molecule has 6 nitrogen and oxygen atoms in total. The fourth-order valence-electron chi connectivity index (χ4n) is 2.40. The van der Waals surface area contributed by atoms with Crippen LogP contribution in [0.2, 0.25) is 0 Å². The molecule has 3 aromatic rings. The minimum absolute atomic E-state index is 0.314. The lowest BCUT2D eigenvalue weighted by Crippen LogP contribution is -2.03. The number of carbonyl (C=O) groups is 1. The van der Waals surface area contributed by atoms with Crippen LogP contribution in [0.25, 0.3) is 22.4 Å². The number of fused-ring (bicyclic) bond motifs is 1. The SMILES string of the molecule is CCOc1ccc(-c2cc(C(=O)OC)c3c(C)noc3n2)cc1. The van der Waals surface area contributed by atoms with Crippen molar-refractivity contribution < 1.29 is 18.8 Å². The van der Waals surface area contributed by atoms with Gasteiger partial charge in [0.15, 0.2) is 0 Å². The van der Waals surface area contributed by atoms with E-state index in [-0.39, 0.29) is 0 Å². The lowest BCUT2D eigenvalue weighted by atomic mass is 10.1. The summed E-state index contributed by atoms with van der Waals surface area (Å²) in [6.07, 6.45) is 0. The summed E-state index contributed by atoms with van der Waals surface area (Å²) in [6.45, 7) is 4.29. The van der Waals surface area contributed by atoms with Gasteiger partial charge in [0.1, 0.15) is 5.75 Å². The highest BCUT2D eigenvalue weighted by molar-refractivity contribution is 6.04. The van der Waals surface area contributed by atoms with Gasteiger partial charge in [-0.1, -0.05) is 5.16 Å². The van der Waals surface area contributed by atoms with Crippen LogP contribution >= 0.6 is 0 Å². The Morgan fingerprint density at radius 1 is 1.26 bits per heavy atom. The summed E-state index contributed by atoms with van der Waals surface area (Å²) in [5, 5.41) is 4.46. The molecule has 3 rings (SSSR count). The average Bonchev–Trinajstić information content (AvgIpc) is 2.95. The molecule has 0 N–H and O–H groups in total. The van der Waals surface area contributed by atoms with E-state index in [0.717, 1.165) is 11.3 Å². The van der Waals surface area contributed by atoms with E-state index in [0.29, 0.717) is 34.7 Å². The number of rotatable bonds is 4. The molecule has 0 aliphatic rings. The normalized spacial score (nSPS) is 10.7. The molecule has 0 aliphatic carbocycles. The summed E-state index contributed by atoms with van der Waals surface area (Å²) in [5.41, 5.74) is 2.76. The molecule has 0 bridgehead atoms. The van der Waals surface area contributed by atoms with Crippen LogP contribution in [0.5, 0.6) is 5.75 Å². The zero-order valence-corrected chi connectivity index (χ0v) is 13.1. The number of hydrogen-bond donors (Lipinski definition) is 0. The minimum atomic E-state index is -0.448. The quantitative estimate of drug-likeness (QED) is 0.687. The summed E-state index contributed by atoms with van der Waals surface area (Å²) in [7, 11) is 1.34. The van der Waals surface area contributed by atoms with Gasteiger partial charge in [0.25, 0.3) is 5.71 Å². The third kappa shape index (κ3) is 2.75. The summed E-state index contributed by atoms with van der Waals surface area (Å²) < 4.78 is 15.5. The Balaban J connectivity index is 2.12. The van der Waals surface area contributed by atoms with E-state index >= 15 is 0 Å². The molecular weight excluding hydrogens is 296 g/mol. The van der Waals surface area contributed by atoms with E-state index in [9.17, 15) is 4.79 Å². The van der Waals surface area contributed by atoms with Crippen molar-refractivity contribution in [3.8, 4) is 17.0 Å². The molecule has 2 heterocycles. The third-order valence-corrected chi connectivity index (χ3v) is 3.48. The number of esters is 1. The van der Waals surface area contributed by atoms with E-state index in [1.807, 2.05) is 31.2 Å². The number of benzene rings is 1. The van der Waals surface area contributed by atoms with Crippen LogP contribution < -0.4 is 4.74 Å². The molecular formula is C17H16N2O4. The van der Waals surface area contributed by atoms with Crippen LogP contribution in [-0.4, -0.2) is 29.8 Å². The van der Waals surface area contributed by atoms with Crippen molar-refractivity contribution >= 4 is 17.1 Å². The maximum Gasteiger partial charge on any atom is 0.338 e. The van der Waals surface area contributed by atoms with Gasteiger partial charge in [0, 0.05) is 5.56 Å². The van der Waals surface area contributed by atoms with E-state index in [4.69, 9.17) is 14.0 Å². The molecule has 0 aliphatic heterocycles. The van der Waals surface area contributed by atoms with Gasteiger partial charge in [-0.25, -0.2) is 9.78 Å². The highest BCUT2D eigenvalue weighted by Crippen LogP contribution is 2.28. The molecule has 118 valence electrons. The van der Waals surface area contributed by atoms with Gasteiger partial charge in [-0.15, -0.1) is 0 Å². The lowest BCUT2D eigenvalue weighted by molar-refractivity contribution is 0.0603. The molecule has 0 fully saturated rings. The zero-order chi connectivity index (χ0) is 16.4. The maximum absolute atomic E-state index is 12.1. The maximum atomic E-state index is 12.1. The number of carbonyl (C=O) groups excluding carboxylic acids is 1. The fourth-order valence-corrected chi connectivity index (χ4v) is 2.40. The Kier molecular flexibility index (Phi) is 3.97. The summed E-state index contributed by atoms with van der Waals surface area (Å²) in [4.78, 5) is 16.5. The van der Waals surface area contributed by atoms with Crippen molar-refractivity contribution in [2.24, 2.45) is 0 Å². The second-order valence-electron chi connectivity index (χ2n) is 4.95. The highest BCUT2D eigenvalue weighted by atomic mass is 16.5. The number of aryl methyl sites for hydroxylation is 1. The molecule has 0 saturated heterocycles. The molecule has 0 amide bonds. The first-order valence-corrected chi connectivity index (χ1v) is 7.22. The Bertz CT molecular complexity index is 853. The topological polar surface area (TPSA) is 74.5 Å². The number of pyridine rings is 1. The summed E-state index contributed by atoms with van der Waals surface area (Å²) in [5.74, 6) is 0.330. The molecule has 6 heteroatoms. The monoisotopic (exact) mass is 312 g/mol. The van der Waals surface area contributed by atoms with Crippen molar-refractivity contribution in [2.45, 2.75) is 13.8 Å². The molecule has 0 atom stereocenters. The number of aromatic nitrogens is 2. The smallest absolute Gasteiger partial charge is 0.338 e. The predicted molar refractivity (Wildman–Crippen MR) is 84.5 cm³/mol. The predicted octanol–water partition coefficient (Wildman–Crippen LogP) is 3.38. The fraction of sp³-hybridized carbons (Fsp3) is 0.235. The molecule has 23 heavy (non-hydrogen) atoms. The van der Waals surface area contributed by atoms with E-state index in [1.165, 1.54) is 7.11 Å². The summed E-state index contributed by atoms with van der Waals surface area (Å²) in [6, 6.07) is 9.16. The molecule has 2 aromatic heterocycles. The highest BCUT2D eigenvalue weighted by Gasteiger charge is 2.19. The average molecular weight is 312 g/mol. The first-order chi connectivity index (χ1) is 11.1. The molecule has 0 spiro atoms. The van der Waals surface area contributed by atoms with Crippen molar-refractivity contribution in [1.29, 1.82) is 0 Å². The van der Waals surface area contributed by atoms with Crippen LogP contribution in [0.15, 0.2) is 34.9 Å². The van der Waals surface area contributed by atoms with Crippen LogP contribution in [0.3, 0.4) is 0 Å². The third-order valence-electron chi connectivity index (χ3n) is 3.48. The van der Waals surface area contributed by atoms with Gasteiger partial charge in [-0.3, -0.25) is 0 Å². The van der Waals surface area contributed by atoms with Crippen LogP contribution in [0.4, 0.5) is 0 Å².